The van der Waals surface area contributed by atoms with Crippen LogP contribution in [0, 0.1) is 0 Å². The normalized spacial score (nSPS) is 11.1. The Hall–Kier alpha value is -0.710. The van der Waals surface area contributed by atoms with E-state index >= 15 is 0 Å². The van der Waals surface area contributed by atoms with Crippen molar-refractivity contribution >= 4 is 34.5 Å². The zero-order valence-electron chi connectivity index (χ0n) is 8.74. The first-order valence-electron chi connectivity index (χ1n) is 4.73. The average molecular weight is 274 g/mol. The summed E-state index contributed by atoms with van der Waals surface area (Å²) >= 11 is 13.1. The van der Waals surface area contributed by atoms with Gasteiger partial charge in [-0.25, -0.2) is 0 Å². The summed E-state index contributed by atoms with van der Waals surface area (Å²) < 4.78 is 0. The number of nitrogens with zero attached hydrogens (tertiary/aromatic N) is 3. The van der Waals surface area contributed by atoms with Crippen LogP contribution in [0.3, 0.4) is 0 Å². The van der Waals surface area contributed by atoms with E-state index in [1.165, 1.54) is 4.88 Å². The molecule has 0 unspecified atom stereocenters. The third kappa shape index (κ3) is 2.51. The topological polar surface area (TPSA) is 38.7 Å². The Morgan fingerprint density at radius 1 is 1.06 bits per heavy atom. The lowest BCUT2D eigenvalue weighted by atomic mass is 10.2. The Kier molecular flexibility index (Phi) is 3.42. The smallest absolute Gasteiger partial charge is 0.197 e. The summed E-state index contributed by atoms with van der Waals surface area (Å²) in [5.74, 6) is 1.02. The maximum atomic E-state index is 5.73. The van der Waals surface area contributed by atoms with Crippen molar-refractivity contribution in [3.8, 4) is 10.7 Å². The highest BCUT2D eigenvalue weighted by Crippen LogP contribution is 2.30. The summed E-state index contributed by atoms with van der Waals surface area (Å²) in [4.78, 5) is 14.0. The number of hydrogen-bond acceptors (Lipinski definition) is 4. The SMILES string of the molecule is CC(C)c1ccc(-c2nc(Cl)nc(Cl)n2)s1. The largest absolute Gasteiger partial charge is 0.227 e. The van der Waals surface area contributed by atoms with E-state index in [9.17, 15) is 0 Å². The van der Waals surface area contributed by atoms with Gasteiger partial charge in [-0.05, 0) is 41.3 Å². The molecule has 0 spiro atoms. The Bertz CT molecular complexity index is 490. The molecule has 0 N–H and O–H groups in total. The lowest BCUT2D eigenvalue weighted by Crippen LogP contribution is -1.91. The van der Waals surface area contributed by atoms with Crippen molar-refractivity contribution in [2.45, 2.75) is 19.8 Å². The fourth-order valence-corrected chi connectivity index (χ4v) is 2.53. The fraction of sp³-hybridized carbons (Fsp3) is 0.300. The van der Waals surface area contributed by atoms with E-state index in [2.05, 4.69) is 34.9 Å². The lowest BCUT2D eigenvalue weighted by molar-refractivity contribution is 0.890. The van der Waals surface area contributed by atoms with Crippen molar-refractivity contribution in [3.05, 3.63) is 27.6 Å². The van der Waals surface area contributed by atoms with Gasteiger partial charge in [0.05, 0.1) is 4.88 Å². The van der Waals surface area contributed by atoms with Crippen LogP contribution in [0.15, 0.2) is 12.1 Å². The van der Waals surface area contributed by atoms with Gasteiger partial charge in [0.25, 0.3) is 0 Å². The van der Waals surface area contributed by atoms with Gasteiger partial charge < -0.3 is 0 Å². The Labute approximate surface area is 107 Å². The standard InChI is InChI=1S/C10H9Cl2N3S/c1-5(2)6-3-4-7(16-6)8-13-9(11)15-10(12)14-8/h3-5H,1-2H3. The van der Waals surface area contributed by atoms with Crippen molar-refractivity contribution < 1.29 is 0 Å². The minimum atomic E-state index is 0.120. The molecule has 0 aliphatic carbocycles. The molecule has 84 valence electrons. The molecular weight excluding hydrogens is 265 g/mol. The van der Waals surface area contributed by atoms with Crippen LogP contribution in [0.1, 0.15) is 24.6 Å². The van der Waals surface area contributed by atoms with Crippen molar-refractivity contribution in [2.24, 2.45) is 0 Å². The Balaban J connectivity index is 2.42. The van der Waals surface area contributed by atoms with Crippen LogP contribution in [0.2, 0.25) is 10.6 Å². The van der Waals surface area contributed by atoms with Gasteiger partial charge in [-0.2, -0.15) is 15.0 Å². The summed E-state index contributed by atoms with van der Waals surface area (Å²) in [6.07, 6.45) is 0. The van der Waals surface area contributed by atoms with Crippen LogP contribution in [0.4, 0.5) is 0 Å². The zero-order valence-corrected chi connectivity index (χ0v) is 11.1. The van der Waals surface area contributed by atoms with Gasteiger partial charge in [0.15, 0.2) is 5.82 Å². The molecule has 0 aliphatic rings. The molecule has 0 saturated carbocycles. The molecule has 0 fully saturated rings. The molecule has 0 saturated heterocycles. The van der Waals surface area contributed by atoms with Gasteiger partial charge in [-0.15, -0.1) is 11.3 Å². The van der Waals surface area contributed by atoms with E-state index in [0.29, 0.717) is 11.7 Å². The van der Waals surface area contributed by atoms with Crippen molar-refractivity contribution in [2.75, 3.05) is 0 Å². The molecule has 2 aromatic heterocycles. The quantitative estimate of drug-likeness (QED) is 0.829. The van der Waals surface area contributed by atoms with Crippen molar-refractivity contribution in [1.29, 1.82) is 0 Å². The van der Waals surface area contributed by atoms with Crippen LogP contribution in [-0.2, 0) is 0 Å². The minimum absolute atomic E-state index is 0.120. The summed E-state index contributed by atoms with van der Waals surface area (Å²) in [6, 6.07) is 4.04. The number of hydrogen-bond donors (Lipinski definition) is 0. The molecule has 0 bridgehead atoms. The third-order valence-electron chi connectivity index (χ3n) is 2.00. The minimum Gasteiger partial charge on any atom is -0.197 e. The van der Waals surface area contributed by atoms with Gasteiger partial charge in [0.1, 0.15) is 0 Å². The van der Waals surface area contributed by atoms with Crippen molar-refractivity contribution in [3.63, 3.8) is 0 Å². The second-order valence-electron chi connectivity index (χ2n) is 3.55. The van der Waals surface area contributed by atoms with Gasteiger partial charge >= 0.3 is 0 Å². The molecule has 0 amide bonds. The predicted molar refractivity (Wildman–Crippen MR) is 67.2 cm³/mol. The van der Waals surface area contributed by atoms with Gasteiger partial charge in [-0.3, -0.25) is 0 Å². The van der Waals surface area contributed by atoms with E-state index in [4.69, 9.17) is 23.2 Å². The molecular formula is C10H9Cl2N3S. The summed E-state index contributed by atoms with van der Waals surface area (Å²) in [7, 11) is 0. The fourth-order valence-electron chi connectivity index (χ4n) is 1.22. The molecule has 2 aromatic rings. The Morgan fingerprint density at radius 2 is 1.69 bits per heavy atom. The van der Waals surface area contributed by atoms with E-state index < -0.39 is 0 Å². The first-order chi connectivity index (χ1) is 7.56. The number of rotatable bonds is 2. The van der Waals surface area contributed by atoms with Crippen LogP contribution in [0.25, 0.3) is 10.7 Å². The monoisotopic (exact) mass is 273 g/mol. The first kappa shape index (κ1) is 11.8. The third-order valence-corrected chi connectivity index (χ3v) is 3.72. The van der Waals surface area contributed by atoms with Crippen LogP contribution < -0.4 is 0 Å². The second kappa shape index (κ2) is 4.65. The van der Waals surface area contributed by atoms with Crippen LogP contribution in [0.5, 0.6) is 0 Å². The zero-order chi connectivity index (χ0) is 11.7. The summed E-state index contributed by atoms with van der Waals surface area (Å²) in [6.45, 7) is 4.28. The summed E-state index contributed by atoms with van der Waals surface area (Å²) in [5, 5.41) is 0.240. The lowest BCUT2D eigenvalue weighted by Gasteiger charge is -1.99. The van der Waals surface area contributed by atoms with E-state index in [1.54, 1.807) is 11.3 Å². The Morgan fingerprint density at radius 3 is 2.19 bits per heavy atom. The highest BCUT2D eigenvalue weighted by Gasteiger charge is 2.10. The summed E-state index contributed by atoms with van der Waals surface area (Å²) in [5.41, 5.74) is 0. The molecule has 16 heavy (non-hydrogen) atoms. The maximum Gasteiger partial charge on any atom is 0.227 e. The molecule has 0 aromatic carbocycles. The van der Waals surface area contributed by atoms with E-state index in [-0.39, 0.29) is 10.6 Å². The highest BCUT2D eigenvalue weighted by molar-refractivity contribution is 7.15. The van der Waals surface area contributed by atoms with Gasteiger partial charge in [0, 0.05) is 4.88 Å². The second-order valence-corrected chi connectivity index (χ2v) is 5.35. The van der Waals surface area contributed by atoms with E-state index in [0.717, 1.165) is 4.88 Å². The predicted octanol–water partition coefficient (Wildman–Crippen LogP) is 4.03. The molecule has 2 rings (SSSR count). The molecule has 0 atom stereocenters. The molecule has 0 aliphatic heterocycles. The number of halogens is 2. The number of thiophene rings is 1. The highest BCUT2D eigenvalue weighted by atomic mass is 35.5. The first-order valence-corrected chi connectivity index (χ1v) is 6.30. The molecule has 2 heterocycles. The molecule has 3 nitrogen and oxygen atoms in total. The number of aromatic nitrogens is 3. The van der Waals surface area contributed by atoms with Gasteiger partial charge in [0.2, 0.25) is 10.6 Å². The van der Waals surface area contributed by atoms with Crippen molar-refractivity contribution in [1.82, 2.24) is 15.0 Å². The van der Waals surface area contributed by atoms with Crippen LogP contribution >= 0.6 is 34.5 Å². The maximum absolute atomic E-state index is 5.73. The molecule has 0 radical (unpaired) electrons. The average Bonchev–Trinajstić information content (AvgIpc) is 2.64. The van der Waals surface area contributed by atoms with Gasteiger partial charge in [-0.1, -0.05) is 13.8 Å². The molecule has 6 heteroatoms. The van der Waals surface area contributed by atoms with E-state index in [1.807, 2.05) is 6.07 Å². The van der Waals surface area contributed by atoms with Crippen LogP contribution in [-0.4, -0.2) is 15.0 Å².